The SMILES string of the molecule is CSC(=O)NCCNC(=O)NCCO. The highest BCUT2D eigenvalue weighted by molar-refractivity contribution is 8.12. The van der Waals surface area contributed by atoms with Gasteiger partial charge >= 0.3 is 6.03 Å². The molecule has 0 rings (SSSR count). The van der Waals surface area contributed by atoms with E-state index in [1.807, 2.05) is 0 Å². The molecule has 0 unspecified atom stereocenters. The average Bonchev–Trinajstić information content (AvgIpc) is 2.21. The molecule has 3 amide bonds. The minimum atomic E-state index is -0.350. The van der Waals surface area contributed by atoms with E-state index in [-0.39, 0.29) is 24.4 Å². The van der Waals surface area contributed by atoms with E-state index in [0.29, 0.717) is 13.1 Å². The lowest BCUT2D eigenvalue weighted by Gasteiger charge is -2.06. The molecule has 0 aromatic rings. The second-order valence-corrected chi connectivity index (χ2v) is 3.10. The van der Waals surface area contributed by atoms with E-state index >= 15 is 0 Å². The average molecular weight is 221 g/mol. The van der Waals surface area contributed by atoms with Gasteiger partial charge in [0.15, 0.2) is 0 Å². The molecule has 14 heavy (non-hydrogen) atoms. The lowest BCUT2D eigenvalue weighted by molar-refractivity contribution is 0.234. The summed E-state index contributed by atoms with van der Waals surface area (Å²) < 4.78 is 0. The Bertz CT molecular complexity index is 189. The number of aliphatic hydroxyl groups excluding tert-OH is 1. The number of carbonyl (C=O) groups is 2. The van der Waals surface area contributed by atoms with Crippen LogP contribution in [0.1, 0.15) is 0 Å². The highest BCUT2D eigenvalue weighted by atomic mass is 32.2. The third-order valence-electron chi connectivity index (χ3n) is 1.26. The van der Waals surface area contributed by atoms with Gasteiger partial charge in [-0.15, -0.1) is 0 Å². The maximum Gasteiger partial charge on any atom is 0.314 e. The van der Waals surface area contributed by atoms with Gasteiger partial charge in [0.1, 0.15) is 0 Å². The van der Waals surface area contributed by atoms with Gasteiger partial charge in [0.05, 0.1) is 6.61 Å². The summed E-state index contributed by atoms with van der Waals surface area (Å²) in [6.07, 6.45) is 1.68. The molecular formula is C7H15N3O3S. The molecule has 0 aliphatic carbocycles. The van der Waals surface area contributed by atoms with Gasteiger partial charge in [0.2, 0.25) is 0 Å². The van der Waals surface area contributed by atoms with Crippen LogP contribution in [0.3, 0.4) is 0 Å². The Morgan fingerprint density at radius 2 is 1.71 bits per heavy atom. The molecule has 0 spiro atoms. The number of rotatable bonds is 5. The number of thioether (sulfide) groups is 1. The molecule has 0 heterocycles. The van der Waals surface area contributed by atoms with Crippen LogP contribution in [-0.4, -0.2) is 48.9 Å². The van der Waals surface area contributed by atoms with Crippen molar-refractivity contribution in [1.82, 2.24) is 16.0 Å². The monoisotopic (exact) mass is 221 g/mol. The number of aliphatic hydroxyl groups is 1. The largest absolute Gasteiger partial charge is 0.395 e. The Hall–Kier alpha value is -0.950. The van der Waals surface area contributed by atoms with Gasteiger partial charge < -0.3 is 21.1 Å². The van der Waals surface area contributed by atoms with Crippen LogP contribution in [0, 0.1) is 0 Å². The van der Waals surface area contributed by atoms with E-state index < -0.39 is 0 Å². The Morgan fingerprint density at radius 1 is 1.14 bits per heavy atom. The molecule has 0 aromatic carbocycles. The third-order valence-corrected chi connectivity index (χ3v) is 1.78. The number of amides is 3. The Kier molecular flexibility index (Phi) is 8.05. The highest BCUT2D eigenvalue weighted by Crippen LogP contribution is 1.90. The molecule has 0 atom stereocenters. The summed E-state index contributed by atoms with van der Waals surface area (Å²) in [6, 6.07) is -0.350. The molecule has 4 N–H and O–H groups in total. The molecule has 7 heteroatoms. The van der Waals surface area contributed by atoms with Crippen LogP contribution in [0.5, 0.6) is 0 Å². The molecule has 0 bridgehead atoms. The molecule has 0 fully saturated rings. The summed E-state index contributed by atoms with van der Waals surface area (Å²) in [6.45, 7) is 0.898. The second-order valence-electron chi connectivity index (χ2n) is 2.32. The topological polar surface area (TPSA) is 90.5 Å². The Balaban J connectivity index is 3.27. The summed E-state index contributed by atoms with van der Waals surface area (Å²) in [5, 5.41) is 15.8. The summed E-state index contributed by atoms with van der Waals surface area (Å²) in [5.41, 5.74) is 0. The van der Waals surface area contributed by atoms with E-state index in [2.05, 4.69) is 16.0 Å². The highest BCUT2D eigenvalue weighted by Gasteiger charge is 1.98. The lowest BCUT2D eigenvalue weighted by atomic mass is 10.6. The van der Waals surface area contributed by atoms with Gasteiger partial charge in [-0.3, -0.25) is 4.79 Å². The van der Waals surface area contributed by atoms with Crippen molar-refractivity contribution in [2.45, 2.75) is 0 Å². The van der Waals surface area contributed by atoms with Crippen molar-refractivity contribution < 1.29 is 14.7 Å². The van der Waals surface area contributed by atoms with Crippen molar-refractivity contribution in [1.29, 1.82) is 0 Å². The number of nitrogens with one attached hydrogen (secondary N) is 3. The van der Waals surface area contributed by atoms with Gasteiger partial charge in [-0.2, -0.15) is 0 Å². The van der Waals surface area contributed by atoms with E-state index in [0.717, 1.165) is 11.8 Å². The smallest absolute Gasteiger partial charge is 0.314 e. The maximum absolute atomic E-state index is 10.9. The second kappa shape index (κ2) is 8.64. The fraction of sp³-hybridized carbons (Fsp3) is 0.714. The molecule has 82 valence electrons. The Labute approximate surface area is 86.8 Å². The van der Waals surface area contributed by atoms with Crippen LogP contribution in [0.15, 0.2) is 0 Å². The van der Waals surface area contributed by atoms with Crippen molar-refractivity contribution >= 4 is 23.0 Å². The van der Waals surface area contributed by atoms with E-state index in [4.69, 9.17) is 5.11 Å². The zero-order valence-corrected chi connectivity index (χ0v) is 8.82. The first-order valence-corrected chi connectivity index (χ1v) is 5.37. The van der Waals surface area contributed by atoms with E-state index in [1.165, 1.54) is 0 Å². The van der Waals surface area contributed by atoms with Crippen LogP contribution in [0.4, 0.5) is 9.59 Å². The van der Waals surface area contributed by atoms with Crippen molar-refractivity contribution in [2.24, 2.45) is 0 Å². The molecule has 0 aliphatic heterocycles. The minimum absolute atomic E-state index is 0.0867. The number of hydrogen-bond acceptors (Lipinski definition) is 4. The van der Waals surface area contributed by atoms with Crippen molar-refractivity contribution in [3.05, 3.63) is 0 Å². The first-order valence-electron chi connectivity index (χ1n) is 4.15. The summed E-state index contributed by atoms with van der Waals surface area (Å²) in [5.74, 6) is 0. The molecule has 0 aliphatic rings. The first kappa shape index (κ1) is 13.1. The van der Waals surface area contributed by atoms with Crippen molar-refractivity contribution in [2.75, 3.05) is 32.5 Å². The van der Waals surface area contributed by atoms with Crippen LogP contribution < -0.4 is 16.0 Å². The summed E-state index contributed by atoms with van der Waals surface area (Å²) in [4.78, 5) is 21.6. The summed E-state index contributed by atoms with van der Waals surface area (Å²) in [7, 11) is 0. The van der Waals surface area contributed by atoms with Crippen LogP contribution in [-0.2, 0) is 0 Å². The van der Waals surface area contributed by atoms with E-state index in [9.17, 15) is 9.59 Å². The van der Waals surface area contributed by atoms with Gasteiger partial charge in [-0.1, -0.05) is 11.8 Å². The fourth-order valence-corrected chi connectivity index (χ4v) is 0.891. The van der Waals surface area contributed by atoms with Gasteiger partial charge in [0, 0.05) is 19.6 Å². The first-order chi connectivity index (χ1) is 6.70. The molecule has 0 saturated carbocycles. The lowest BCUT2D eigenvalue weighted by Crippen LogP contribution is -2.40. The summed E-state index contributed by atoms with van der Waals surface area (Å²) >= 11 is 1.09. The van der Waals surface area contributed by atoms with Crippen LogP contribution in [0.25, 0.3) is 0 Å². The van der Waals surface area contributed by atoms with Gasteiger partial charge in [0.25, 0.3) is 5.24 Å². The van der Waals surface area contributed by atoms with Crippen LogP contribution in [0.2, 0.25) is 0 Å². The number of hydrogen-bond donors (Lipinski definition) is 4. The molecule has 0 radical (unpaired) electrons. The quantitative estimate of drug-likeness (QED) is 0.464. The fourth-order valence-electron chi connectivity index (χ4n) is 0.645. The predicted octanol–water partition coefficient (Wildman–Crippen LogP) is -0.649. The third kappa shape index (κ3) is 7.69. The van der Waals surface area contributed by atoms with Gasteiger partial charge in [-0.25, -0.2) is 4.79 Å². The van der Waals surface area contributed by atoms with Crippen LogP contribution >= 0.6 is 11.8 Å². The molecule has 0 saturated heterocycles. The van der Waals surface area contributed by atoms with Crippen molar-refractivity contribution in [3.63, 3.8) is 0 Å². The van der Waals surface area contributed by atoms with E-state index in [1.54, 1.807) is 6.26 Å². The molecule has 0 aromatic heterocycles. The zero-order chi connectivity index (χ0) is 10.8. The number of carbonyl (C=O) groups excluding carboxylic acids is 2. The number of urea groups is 1. The maximum atomic E-state index is 10.9. The van der Waals surface area contributed by atoms with Crippen molar-refractivity contribution in [3.8, 4) is 0 Å². The Morgan fingerprint density at radius 3 is 2.29 bits per heavy atom. The molecular weight excluding hydrogens is 206 g/mol. The normalized spacial score (nSPS) is 9.29. The minimum Gasteiger partial charge on any atom is -0.395 e. The standard InChI is InChI=1S/C7H15N3O3S/c1-14-7(13)10-3-2-8-6(12)9-4-5-11/h11H,2-5H2,1H3,(H,10,13)(H2,8,9,12). The van der Waals surface area contributed by atoms with Gasteiger partial charge in [-0.05, 0) is 6.26 Å². The molecule has 6 nitrogen and oxygen atoms in total. The predicted molar refractivity (Wildman–Crippen MR) is 55.4 cm³/mol. The zero-order valence-electron chi connectivity index (χ0n) is 8.00.